The minimum Gasteiger partial charge on any atom is -0.444 e. The van der Waals surface area contributed by atoms with Crippen molar-refractivity contribution in [2.24, 2.45) is 0 Å². The molecule has 0 spiro atoms. The highest BCUT2D eigenvalue weighted by molar-refractivity contribution is 5.85. The molecule has 1 amide bonds. The molecule has 2 fully saturated rings. The average molecular weight is 253 g/mol. The number of carbonyl (C=O) groups is 2. The van der Waals surface area contributed by atoms with Crippen LogP contribution in [-0.4, -0.2) is 33.5 Å². The van der Waals surface area contributed by atoms with Gasteiger partial charge in [0.15, 0.2) is 0 Å². The van der Waals surface area contributed by atoms with E-state index in [4.69, 9.17) is 4.74 Å². The van der Waals surface area contributed by atoms with E-state index < -0.39 is 5.60 Å². The fourth-order valence-electron chi connectivity index (χ4n) is 3.41. The first-order chi connectivity index (χ1) is 8.06. The van der Waals surface area contributed by atoms with Gasteiger partial charge >= 0.3 is 6.09 Å². The lowest BCUT2D eigenvalue weighted by molar-refractivity contribution is -0.129. The maximum Gasteiger partial charge on any atom is 0.411 e. The standard InChI is InChI=1S/C14H23NO3/c1-12(2,3)18-11(17)15-13(4)6-7-14(15,5)9-10(16)8-13/h6-9H2,1-5H3. The predicted molar refractivity (Wildman–Crippen MR) is 68.4 cm³/mol. The summed E-state index contributed by atoms with van der Waals surface area (Å²) in [6.07, 6.45) is 2.41. The Hall–Kier alpha value is -1.06. The summed E-state index contributed by atoms with van der Waals surface area (Å²) < 4.78 is 5.50. The van der Waals surface area contributed by atoms with E-state index in [1.165, 1.54) is 0 Å². The van der Waals surface area contributed by atoms with E-state index in [-0.39, 0.29) is 23.0 Å². The summed E-state index contributed by atoms with van der Waals surface area (Å²) in [4.78, 5) is 26.0. The number of piperidine rings is 1. The quantitative estimate of drug-likeness (QED) is 0.667. The van der Waals surface area contributed by atoms with Gasteiger partial charge in [0.1, 0.15) is 11.4 Å². The lowest BCUT2D eigenvalue weighted by Crippen LogP contribution is -2.60. The number of hydrogen-bond acceptors (Lipinski definition) is 3. The minimum absolute atomic E-state index is 0.261. The Kier molecular flexibility index (Phi) is 2.76. The van der Waals surface area contributed by atoms with Crippen LogP contribution in [-0.2, 0) is 9.53 Å². The number of Topliss-reactive ketones (excluding diaryl/α,β-unsaturated/α-hetero) is 1. The predicted octanol–water partition coefficient (Wildman–Crippen LogP) is 2.90. The number of rotatable bonds is 0. The van der Waals surface area contributed by atoms with Gasteiger partial charge in [-0.05, 0) is 47.5 Å². The highest BCUT2D eigenvalue weighted by atomic mass is 16.6. The number of hydrogen-bond donors (Lipinski definition) is 0. The first-order valence-electron chi connectivity index (χ1n) is 6.61. The van der Waals surface area contributed by atoms with Crippen LogP contribution < -0.4 is 0 Å². The van der Waals surface area contributed by atoms with E-state index in [0.717, 1.165) is 12.8 Å². The third-order valence-corrected chi connectivity index (χ3v) is 4.01. The summed E-state index contributed by atoms with van der Waals surface area (Å²) in [5.74, 6) is 0.261. The molecule has 18 heavy (non-hydrogen) atoms. The maximum absolute atomic E-state index is 12.4. The molecule has 2 rings (SSSR count). The van der Waals surface area contributed by atoms with Crippen molar-refractivity contribution in [2.75, 3.05) is 0 Å². The summed E-state index contributed by atoms with van der Waals surface area (Å²) in [5.41, 5.74) is -1.20. The maximum atomic E-state index is 12.4. The number of carbonyl (C=O) groups excluding carboxylic acids is 2. The van der Waals surface area contributed by atoms with Gasteiger partial charge in [0.25, 0.3) is 0 Å². The first kappa shape index (κ1) is 13.4. The SMILES string of the molecule is CC(C)(C)OC(=O)N1C2(C)CCC1(C)CC(=O)C2. The molecule has 2 aliphatic rings. The first-order valence-corrected chi connectivity index (χ1v) is 6.61. The van der Waals surface area contributed by atoms with E-state index in [2.05, 4.69) is 0 Å². The average Bonchev–Trinajstić information content (AvgIpc) is 2.27. The van der Waals surface area contributed by atoms with Gasteiger partial charge in [-0.3, -0.25) is 9.69 Å². The van der Waals surface area contributed by atoms with Crippen LogP contribution in [0.15, 0.2) is 0 Å². The molecular weight excluding hydrogens is 230 g/mol. The van der Waals surface area contributed by atoms with E-state index in [9.17, 15) is 9.59 Å². The Balaban J connectivity index is 2.27. The van der Waals surface area contributed by atoms with Gasteiger partial charge in [-0.25, -0.2) is 4.79 Å². The Labute approximate surface area is 109 Å². The topological polar surface area (TPSA) is 46.6 Å². The number of ketones is 1. The fourth-order valence-corrected chi connectivity index (χ4v) is 3.41. The molecule has 2 atom stereocenters. The fraction of sp³-hybridized carbons (Fsp3) is 0.857. The van der Waals surface area contributed by atoms with Crippen LogP contribution in [0.5, 0.6) is 0 Å². The zero-order chi connectivity index (χ0) is 13.8. The van der Waals surface area contributed by atoms with Gasteiger partial charge in [0.05, 0.1) is 11.1 Å². The number of amides is 1. The third-order valence-electron chi connectivity index (χ3n) is 4.01. The van der Waals surface area contributed by atoms with Gasteiger partial charge < -0.3 is 4.74 Å². The van der Waals surface area contributed by atoms with Crippen molar-refractivity contribution in [2.45, 2.75) is 77.0 Å². The smallest absolute Gasteiger partial charge is 0.411 e. The van der Waals surface area contributed by atoms with Crippen molar-refractivity contribution in [3.05, 3.63) is 0 Å². The Morgan fingerprint density at radius 1 is 1.17 bits per heavy atom. The molecule has 0 aromatic rings. The zero-order valence-electron chi connectivity index (χ0n) is 12.0. The van der Waals surface area contributed by atoms with Crippen molar-refractivity contribution >= 4 is 11.9 Å². The van der Waals surface area contributed by atoms with Crippen LogP contribution in [0.3, 0.4) is 0 Å². The Bertz CT molecular complexity index is 376. The Morgan fingerprint density at radius 2 is 1.61 bits per heavy atom. The Morgan fingerprint density at radius 3 is 2.00 bits per heavy atom. The molecule has 2 aliphatic heterocycles. The molecule has 2 bridgehead atoms. The van der Waals surface area contributed by atoms with E-state index in [0.29, 0.717) is 12.8 Å². The molecule has 0 N–H and O–H groups in total. The molecule has 0 aromatic heterocycles. The summed E-state index contributed by atoms with van der Waals surface area (Å²) in [7, 11) is 0. The summed E-state index contributed by atoms with van der Waals surface area (Å²) >= 11 is 0. The van der Waals surface area contributed by atoms with E-state index in [1.54, 1.807) is 0 Å². The lowest BCUT2D eigenvalue weighted by atomic mass is 9.85. The molecule has 4 nitrogen and oxygen atoms in total. The second kappa shape index (κ2) is 3.72. The van der Waals surface area contributed by atoms with Crippen molar-refractivity contribution in [3.63, 3.8) is 0 Å². The highest BCUT2D eigenvalue weighted by Gasteiger charge is 2.58. The van der Waals surface area contributed by atoms with Crippen LogP contribution in [0.1, 0.15) is 60.3 Å². The molecule has 102 valence electrons. The second-order valence-electron chi connectivity index (χ2n) is 7.20. The van der Waals surface area contributed by atoms with Gasteiger partial charge in [0, 0.05) is 12.8 Å². The van der Waals surface area contributed by atoms with Gasteiger partial charge in [-0.15, -0.1) is 0 Å². The second-order valence-corrected chi connectivity index (χ2v) is 7.20. The molecule has 2 unspecified atom stereocenters. The monoisotopic (exact) mass is 253 g/mol. The number of nitrogens with zero attached hydrogens (tertiary/aromatic N) is 1. The van der Waals surface area contributed by atoms with Crippen LogP contribution in [0.4, 0.5) is 4.79 Å². The molecule has 0 saturated carbocycles. The molecule has 2 saturated heterocycles. The molecule has 0 radical (unpaired) electrons. The number of fused-ring (bicyclic) bond motifs is 2. The van der Waals surface area contributed by atoms with Gasteiger partial charge in [0.2, 0.25) is 0 Å². The normalized spacial score (nSPS) is 35.8. The van der Waals surface area contributed by atoms with Crippen molar-refractivity contribution in [1.29, 1.82) is 0 Å². The molecule has 4 heteroatoms. The summed E-state index contributed by atoms with van der Waals surface area (Å²) in [6, 6.07) is 0. The summed E-state index contributed by atoms with van der Waals surface area (Å²) in [6.45, 7) is 9.60. The third kappa shape index (κ3) is 2.13. The zero-order valence-corrected chi connectivity index (χ0v) is 12.0. The van der Waals surface area contributed by atoms with Crippen molar-refractivity contribution in [3.8, 4) is 0 Å². The minimum atomic E-state index is -0.495. The van der Waals surface area contributed by atoms with Crippen molar-refractivity contribution in [1.82, 2.24) is 4.90 Å². The molecular formula is C14H23NO3. The van der Waals surface area contributed by atoms with Crippen LogP contribution in [0, 0.1) is 0 Å². The van der Waals surface area contributed by atoms with E-state index >= 15 is 0 Å². The lowest BCUT2D eigenvalue weighted by Gasteiger charge is -2.47. The van der Waals surface area contributed by atoms with Crippen molar-refractivity contribution < 1.29 is 14.3 Å². The van der Waals surface area contributed by atoms with Crippen LogP contribution >= 0.6 is 0 Å². The highest BCUT2D eigenvalue weighted by Crippen LogP contribution is 2.49. The molecule has 0 aliphatic carbocycles. The molecule has 0 aromatic carbocycles. The summed E-state index contributed by atoms with van der Waals surface area (Å²) in [5, 5.41) is 0. The number of ether oxygens (including phenoxy) is 1. The van der Waals surface area contributed by atoms with Crippen LogP contribution in [0.2, 0.25) is 0 Å². The van der Waals surface area contributed by atoms with Gasteiger partial charge in [-0.1, -0.05) is 0 Å². The largest absolute Gasteiger partial charge is 0.444 e. The van der Waals surface area contributed by atoms with Gasteiger partial charge in [-0.2, -0.15) is 0 Å². The molecule has 2 heterocycles. The van der Waals surface area contributed by atoms with Crippen LogP contribution in [0.25, 0.3) is 0 Å². The van der Waals surface area contributed by atoms with E-state index in [1.807, 2.05) is 39.5 Å².